The third-order valence-corrected chi connectivity index (χ3v) is 8.60. The number of amides is 2. The quantitative estimate of drug-likeness (QED) is 0.332. The molecule has 1 saturated heterocycles. The molecule has 1 fully saturated rings. The van der Waals surface area contributed by atoms with Gasteiger partial charge in [-0.1, -0.05) is 73.2 Å². The van der Waals surface area contributed by atoms with Crippen molar-refractivity contribution in [3.05, 3.63) is 95.6 Å². The van der Waals surface area contributed by atoms with Crippen LogP contribution in [-0.2, 0) is 10.2 Å². The number of piperidine rings is 1. The van der Waals surface area contributed by atoms with Gasteiger partial charge in [-0.3, -0.25) is 9.59 Å². The van der Waals surface area contributed by atoms with Crippen LogP contribution in [0.4, 0.5) is 13.2 Å². The van der Waals surface area contributed by atoms with Crippen molar-refractivity contribution >= 4 is 11.8 Å². The van der Waals surface area contributed by atoms with E-state index in [2.05, 4.69) is 22.5 Å². The Morgan fingerprint density at radius 2 is 1.46 bits per heavy atom. The lowest BCUT2D eigenvalue weighted by molar-refractivity contribution is -0.141. The lowest BCUT2D eigenvalue weighted by atomic mass is 9.73. The minimum Gasteiger partial charge on any atom is -0.349 e. The minimum atomic E-state index is -4.49. The second-order valence-electron chi connectivity index (χ2n) is 11.2. The molecular formula is C33H36F3N3O2. The Morgan fingerprint density at radius 3 is 2.05 bits per heavy atom. The third-order valence-electron chi connectivity index (χ3n) is 8.60. The van der Waals surface area contributed by atoms with Crippen molar-refractivity contribution in [2.24, 2.45) is 0 Å². The van der Waals surface area contributed by atoms with E-state index in [0.717, 1.165) is 54.6 Å². The molecule has 2 N–H and O–H groups in total. The second kappa shape index (κ2) is 12.1. The van der Waals surface area contributed by atoms with Gasteiger partial charge in [0.15, 0.2) is 0 Å². The Labute approximate surface area is 239 Å². The van der Waals surface area contributed by atoms with Crippen LogP contribution in [0.2, 0.25) is 0 Å². The average molecular weight is 564 g/mol. The highest BCUT2D eigenvalue weighted by Crippen LogP contribution is 2.51. The molecule has 0 saturated carbocycles. The first kappa shape index (κ1) is 28.9. The van der Waals surface area contributed by atoms with E-state index in [-0.39, 0.29) is 18.0 Å². The molecule has 3 aromatic rings. The van der Waals surface area contributed by atoms with Crippen LogP contribution < -0.4 is 10.6 Å². The zero-order valence-electron chi connectivity index (χ0n) is 23.2. The van der Waals surface area contributed by atoms with Gasteiger partial charge in [-0.2, -0.15) is 13.2 Å². The van der Waals surface area contributed by atoms with Gasteiger partial charge in [-0.15, -0.1) is 0 Å². The number of carbonyl (C=O) groups is 2. The molecule has 1 heterocycles. The smallest absolute Gasteiger partial charge is 0.349 e. The number of hydrogen-bond acceptors (Lipinski definition) is 3. The Morgan fingerprint density at radius 1 is 0.902 bits per heavy atom. The summed E-state index contributed by atoms with van der Waals surface area (Å²) in [7, 11) is 0. The Hall–Kier alpha value is -3.65. The molecular weight excluding hydrogens is 527 g/mol. The van der Waals surface area contributed by atoms with Gasteiger partial charge in [0, 0.05) is 30.7 Å². The summed E-state index contributed by atoms with van der Waals surface area (Å²) in [6, 6.07) is 24.7. The van der Waals surface area contributed by atoms with E-state index in [1.54, 1.807) is 0 Å². The van der Waals surface area contributed by atoms with Gasteiger partial charge < -0.3 is 15.5 Å². The maximum atomic E-state index is 13.7. The molecule has 2 amide bonds. The maximum absolute atomic E-state index is 13.7. The number of likely N-dealkylation sites (tertiary alicyclic amines) is 1. The SMILES string of the molecule is CC(CCCC1(C(=O)NCC(F)(F)F)c2ccccc2-c2ccccc21)N1CCC(NC(=O)c2ccccc2)CC1. The summed E-state index contributed by atoms with van der Waals surface area (Å²) in [5.41, 5.74) is 2.82. The van der Waals surface area contributed by atoms with Crippen LogP contribution in [0.25, 0.3) is 11.1 Å². The number of carbonyl (C=O) groups excluding carboxylic acids is 2. The summed E-state index contributed by atoms with van der Waals surface area (Å²) in [4.78, 5) is 28.6. The standard InChI is InChI=1S/C33H36F3N3O2/c1-23(39-20-17-25(18-21-39)38-30(40)24-11-3-2-4-12-24)10-9-19-32(31(41)37-22-33(34,35)36)28-15-7-5-13-26(28)27-14-6-8-16-29(27)32/h2-8,11-16,23,25H,9-10,17-22H2,1H3,(H,37,41)(H,38,40). The molecule has 1 unspecified atom stereocenters. The minimum absolute atomic E-state index is 0.0525. The summed E-state index contributed by atoms with van der Waals surface area (Å²) < 4.78 is 39.4. The summed E-state index contributed by atoms with van der Waals surface area (Å²) >= 11 is 0. The van der Waals surface area contributed by atoms with Crippen molar-refractivity contribution < 1.29 is 22.8 Å². The monoisotopic (exact) mass is 563 g/mol. The number of halogens is 3. The molecule has 0 radical (unpaired) electrons. The van der Waals surface area contributed by atoms with Crippen molar-refractivity contribution in [1.29, 1.82) is 0 Å². The van der Waals surface area contributed by atoms with Crippen molar-refractivity contribution in [3.63, 3.8) is 0 Å². The van der Waals surface area contributed by atoms with Crippen LogP contribution in [0.5, 0.6) is 0 Å². The van der Waals surface area contributed by atoms with Crippen molar-refractivity contribution in [3.8, 4) is 11.1 Å². The fraction of sp³-hybridized carbons (Fsp3) is 0.394. The lowest BCUT2D eigenvalue weighted by Crippen LogP contribution is -2.48. The van der Waals surface area contributed by atoms with Gasteiger partial charge in [0.2, 0.25) is 5.91 Å². The van der Waals surface area contributed by atoms with E-state index in [9.17, 15) is 22.8 Å². The topological polar surface area (TPSA) is 61.4 Å². The Bertz CT molecular complexity index is 1320. The summed E-state index contributed by atoms with van der Waals surface area (Å²) in [6.45, 7) is 2.51. The van der Waals surface area contributed by atoms with Crippen LogP contribution in [0.1, 0.15) is 60.5 Å². The predicted octanol–water partition coefficient (Wildman–Crippen LogP) is 6.08. The van der Waals surface area contributed by atoms with E-state index in [0.29, 0.717) is 18.4 Å². The van der Waals surface area contributed by atoms with E-state index in [1.165, 1.54) is 0 Å². The molecule has 1 atom stereocenters. The Balaban J connectivity index is 1.24. The fourth-order valence-corrected chi connectivity index (χ4v) is 6.47. The van der Waals surface area contributed by atoms with Gasteiger partial charge in [-0.25, -0.2) is 0 Å². The van der Waals surface area contributed by atoms with E-state index in [1.807, 2.05) is 78.9 Å². The van der Waals surface area contributed by atoms with E-state index in [4.69, 9.17) is 0 Å². The number of alkyl halides is 3. The first-order chi connectivity index (χ1) is 19.7. The van der Waals surface area contributed by atoms with Gasteiger partial charge in [0.25, 0.3) is 5.91 Å². The normalized spacial score (nSPS) is 17.4. The van der Waals surface area contributed by atoms with E-state index < -0.39 is 24.0 Å². The zero-order chi connectivity index (χ0) is 29.0. The average Bonchev–Trinajstić information content (AvgIpc) is 3.27. The number of nitrogens with zero attached hydrogens (tertiary/aromatic N) is 1. The van der Waals surface area contributed by atoms with Crippen LogP contribution in [-0.4, -0.2) is 54.6 Å². The van der Waals surface area contributed by atoms with Crippen molar-refractivity contribution in [1.82, 2.24) is 15.5 Å². The van der Waals surface area contributed by atoms with Crippen LogP contribution in [0, 0.1) is 0 Å². The molecule has 0 spiro atoms. The van der Waals surface area contributed by atoms with Gasteiger partial charge in [0.1, 0.15) is 12.0 Å². The molecule has 3 aromatic carbocycles. The number of hydrogen-bond donors (Lipinski definition) is 2. The molecule has 216 valence electrons. The fourth-order valence-electron chi connectivity index (χ4n) is 6.47. The highest BCUT2D eigenvalue weighted by atomic mass is 19.4. The summed E-state index contributed by atoms with van der Waals surface area (Å²) in [6.07, 6.45) is -0.886. The first-order valence-corrected chi connectivity index (χ1v) is 14.3. The Kier molecular flexibility index (Phi) is 8.50. The number of nitrogens with one attached hydrogen (secondary N) is 2. The molecule has 5 nitrogen and oxygen atoms in total. The van der Waals surface area contributed by atoms with Crippen LogP contribution in [0.15, 0.2) is 78.9 Å². The maximum Gasteiger partial charge on any atom is 0.405 e. The van der Waals surface area contributed by atoms with E-state index >= 15 is 0 Å². The molecule has 1 aliphatic heterocycles. The molecule has 2 aliphatic rings. The molecule has 0 bridgehead atoms. The van der Waals surface area contributed by atoms with Crippen LogP contribution in [0.3, 0.4) is 0 Å². The number of benzene rings is 3. The molecule has 1 aliphatic carbocycles. The third kappa shape index (κ3) is 6.17. The highest BCUT2D eigenvalue weighted by molar-refractivity contribution is 6.00. The highest BCUT2D eigenvalue weighted by Gasteiger charge is 2.49. The predicted molar refractivity (Wildman–Crippen MR) is 154 cm³/mol. The molecule has 41 heavy (non-hydrogen) atoms. The van der Waals surface area contributed by atoms with Gasteiger partial charge in [0.05, 0.1) is 0 Å². The molecule has 5 rings (SSSR count). The lowest BCUT2D eigenvalue weighted by Gasteiger charge is -2.37. The van der Waals surface area contributed by atoms with Crippen LogP contribution >= 0.6 is 0 Å². The first-order valence-electron chi connectivity index (χ1n) is 14.3. The second-order valence-corrected chi connectivity index (χ2v) is 11.2. The zero-order valence-corrected chi connectivity index (χ0v) is 23.2. The van der Waals surface area contributed by atoms with Gasteiger partial charge in [-0.05, 0) is 67.0 Å². The summed E-state index contributed by atoms with van der Waals surface area (Å²) in [5.74, 6) is -0.654. The number of fused-ring (bicyclic) bond motifs is 3. The molecule has 0 aromatic heterocycles. The summed E-state index contributed by atoms with van der Waals surface area (Å²) in [5, 5.41) is 5.36. The van der Waals surface area contributed by atoms with Crippen molar-refractivity contribution in [2.45, 2.75) is 62.7 Å². The largest absolute Gasteiger partial charge is 0.405 e. The number of rotatable bonds is 9. The van der Waals surface area contributed by atoms with Crippen molar-refractivity contribution in [2.75, 3.05) is 19.6 Å². The molecule has 8 heteroatoms. The van der Waals surface area contributed by atoms with Gasteiger partial charge >= 0.3 is 6.18 Å².